The Kier molecular flexibility index (Phi) is 7.49. The first-order valence-corrected chi connectivity index (χ1v) is 11.9. The van der Waals surface area contributed by atoms with Crippen LogP contribution in [0.5, 0.6) is 0 Å². The van der Waals surface area contributed by atoms with Crippen LogP contribution < -0.4 is 5.32 Å². The van der Waals surface area contributed by atoms with Gasteiger partial charge in [-0.25, -0.2) is 13.2 Å². The molecule has 3 rings (SSSR count). The number of sulfonamides is 1. The molecule has 1 aliphatic heterocycles. The molecule has 166 valence electrons. The quantitative estimate of drug-likeness (QED) is 0.680. The number of ether oxygens (including phenoxy) is 2. The average Bonchev–Trinajstić information content (AvgIpc) is 2.76. The van der Waals surface area contributed by atoms with Crippen LogP contribution in [0.4, 0.5) is 0 Å². The smallest absolute Gasteiger partial charge is 0.338 e. The lowest BCUT2D eigenvalue weighted by molar-refractivity contribution is -0.125. The predicted octanol–water partition coefficient (Wildman–Crippen LogP) is 1.81. The van der Waals surface area contributed by atoms with Crippen molar-refractivity contribution in [2.45, 2.75) is 44.0 Å². The molecule has 9 heteroatoms. The Morgan fingerprint density at radius 3 is 2.47 bits per heavy atom. The van der Waals surface area contributed by atoms with E-state index in [-0.39, 0.29) is 29.0 Å². The molecule has 2 aliphatic rings. The van der Waals surface area contributed by atoms with Gasteiger partial charge in [-0.15, -0.1) is 0 Å². The van der Waals surface area contributed by atoms with E-state index in [1.165, 1.54) is 35.0 Å². The molecule has 0 bridgehead atoms. The van der Waals surface area contributed by atoms with E-state index in [1.54, 1.807) is 0 Å². The zero-order chi connectivity index (χ0) is 21.7. The van der Waals surface area contributed by atoms with Crippen molar-refractivity contribution in [2.24, 2.45) is 11.8 Å². The third kappa shape index (κ3) is 5.39. The van der Waals surface area contributed by atoms with Crippen LogP contribution in [-0.4, -0.2) is 63.6 Å². The van der Waals surface area contributed by atoms with Crippen LogP contribution in [0, 0.1) is 11.8 Å². The van der Waals surface area contributed by atoms with Crippen molar-refractivity contribution in [3.8, 4) is 0 Å². The second-order valence-electron chi connectivity index (χ2n) is 8.06. The third-order valence-electron chi connectivity index (χ3n) is 6.09. The molecule has 1 saturated heterocycles. The Bertz CT molecular complexity index is 849. The molecule has 2 fully saturated rings. The van der Waals surface area contributed by atoms with Gasteiger partial charge in [-0.3, -0.25) is 4.79 Å². The van der Waals surface area contributed by atoms with Crippen molar-refractivity contribution in [3.63, 3.8) is 0 Å². The average molecular weight is 439 g/mol. The van der Waals surface area contributed by atoms with Crippen LogP contribution >= 0.6 is 0 Å². The molecule has 0 aromatic heterocycles. The van der Waals surface area contributed by atoms with Gasteiger partial charge >= 0.3 is 5.97 Å². The molecule has 1 aliphatic carbocycles. The number of hydrogen-bond donors (Lipinski definition) is 1. The molecular formula is C21H30N2O6S. The lowest BCUT2D eigenvalue weighted by atomic mass is 9.78. The van der Waals surface area contributed by atoms with E-state index in [0.29, 0.717) is 38.1 Å². The van der Waals surface area contributed by atoms with Crippen LogP contribution in [0.2, 0.25) is 0 Å². The number of carbonyl (C=O) groups excluding carboxylic acids is 2. The minimum Gasteiger partial charge on any atom is -0.452 e. The van der Waals surface area contributed by atoms with Crippen LogP contribution in [-0.2, 0) is 24.3 Å². The Hall–Kier alpha value is -1.97. The van der Waals surface area contributed by atoms with Crippen molar-refractivity contribution in [2.75, 3.05) is 32.9 Å². The van der Waals surface area contributed by atoms with Crippen LogP contribution in [0.1, 0.15) is 43.5 Å². The van der Waals surface area contributed by atoms with E-state index in [0.717, 1.165) is 12.8 Å². The molecule has 1 aromatic carbocycles. The number of benzene rings is 1. The zero-order valence-electron chi connectivity index (χ0n) is 17.5. The summed E-state index contributed by atoms with van der Waals surface area (Å²) >= 11 is 0. The highest BCUT2D eigenvalue weighted by atomic mass is 32.2. The van der Waals surface area contributed by atoms with Gasteiger partial charge in [-0.05, 0) is 42.5 Å². The van der Waals surface area contributed by atoms with E-state index in [2.05, 4.69) is 19.2 Å². The van der Waals surface area contributed by atoms with Crippen LogP contribution in [0.3, 0.4) is 0 Å². The number of hydrogen-bond acceptors (Lipinski definition) is 6. The maximum absolute atomic E-state index is 12.6. The number of nitrogens with zero attached hydrogens (tertiary/aromatic N) is 1. The minimum absolute atomic E-state index is 0.102. The minimum atomic E-state index is -3.62. The summed E-state index contributed by atoms with van der Waals surface area (Å²) in [4.78, 5) is 24.5. The fourth-order valence-corrected chi connectivity index (χ4v) is 5.36. The Morgan fingerprint density at radius 2 is 1.80 bits per heavy atom. The maximum Gasteiger partial charge on any atom is 0.338 e. The standard InChI is InChI=1S/C21H30N2O6S/c1-15-4-3-5-19(16(15)2)22-20(24)14-29-21(25)17-6-8-18(9-7-17)30(26,27)23-10-12-28-13-11-23/h6-9,15-16,19H,3-5,10-14H2,1-2H3,(H,22,24)/t15-,16+,19-/m1/s1. The number of rotatable bonds is 6. The SMILES string of the molecule is C[C@H]1[C@H](C)CCC[C@H]1NC(=O)COC(=O)c1ccc(S(=O)(=O)N2CCOCC2)cc1. The first-order chi connectivity index (χ1) is 14.3. The van der Waals surface area contributed by atoms with Crippen molar-refractivity contribution >= 4 is 21.9 Å². The van der Waals surface area contributed by atoms with Gasteiger partial charge in [-0.1, -0.05) is 26.7 Å². The summed E-state index contributed by atoms with van der Waals surface area (Å²) in [6, 6.07) is 5.67. The second-order valence-corrected chi connectivity index (χ2v) is 10.00. The third-order valence-corrected chi connectivity index (χ3v) is 8.00. The monoisotopic (exact) mass is 438 g/mol. The highest BCUT2D eigenvalue weighted by molar-refractivity contribution is 7.89. The van der Waals surface area contributed by atoms with Crippen molar-refractivity contribution in [1.29, 1.82) is 0 Å². The Labute approximate surface area is 178 Å². The molecule has 30 heavy (non-hydrogen) atoms. The number of esters is 1. The molecule has 0 spiro atoms. The van der Waals surface area contributed by atoms with Gasteiger partial charge in [-0.2, -0.15) is 4.31 Å². The molecule has 1 N–H and O–H groups in total. The highest BCUT2D eigenvalue weighted by Crippen LogP contribution is 2.29. The molecule has 3 atom stereocenters. The fraction of sp³-hybridized carbons (Fsp3) is 0.619. The maximum atomic E-state index is 12.6. The Balaban J connectivity index is 1.52. The number of carbonyl (C=O) groups is 2. The molecule has 1 heterocycles. The summed E-state index contributed by atoms with van der Waals surface area (Å²) in [6.07, 6.45) is 3.18. The summed E-state index contributed by atoms with van der Waals surface area (Å²) in [5, 5.41) is 2.96. The first kappa shape index (κ1) is 22.7. The van der Waals surface area contributed by atoms with E-state index < -0.39 is 16.0 Å². The number of amides is 1. The van der Waals surface area contributed by atoms with Gasteiger partial charge in [0.25, 0.3) is 5.91 Å². The second kappa shape index (κ2) is 9.89. The van der Waals surface area contributed by atoms with Crippen LogP contribution in [0.15, 0.2) is 29.2 Å². The molecule has 8 nitrogen and oxygen atoms in total. The van der Waals surface area contributed by atoms with Crippen LogP contribution in [0.25, 0.3) is 0 Å². The van der Waals surface area contributed by atoms with Gasteiger partial charge in [0.1, 0.15) is 0 Å². The van der Waals surface area contributed by atoms with Gasteiger partial charge in [0.05, 0.1) is 23.7 Å². The molecule has 1 saturated carbocycles. The summed E-state index contributed by atoms with van der Waals surface area (Å²) in [5.41, 5.74) is 0.198. The molecule has 1 amide bonds. The molecular weight excluding hydrogens is 408 g/mol. The topological polar surface area (TPSA) is 102 Å². The van der Waals surface area contributed by atoms with Crippen molar-refractivity contribution in [1.82, 2.24) is 9.62 Å². The summed E-state index contributed by atoms with van der Waals surface area (Å²) in [6.45, 7) is 5.30. The summed E-state index contributed by atoms with van der Waals surface area (Å²) in [5.74, 6) is -0.0374. The number of morpholine rings is 1. The highest BCUT2D eigenvalue weighted by Gasteiger charge is 2.29. The zero-order valence-corrected chi connectivity index (χ0v) is 18.3. The van der Waals surface area contributed by atoms with Gasteiger partial charge in [0.2, 0.25) is 10.0 Å². The summed E-state index contributed by atoms with van der Waals surface area (Å²) < 4.78 is 36.9. The van der Waals surface area contributed by atoms with Crippen molar-refractivity contribution in [3.05, 3.63) is 29.8 Å². The molecule has 0 radical (unpaired) electrons. The van der Waals surface area contributed by atoms with Gasteiger partial charge in [0.15, 0.2) is 6.61 Å². The largest absolute Gasteiger partial charge is 0.452 e. The normalized spacial score (nSPS) is 25.5. The predicted molar refractivity (Wildman–Crippen MR) is 110 cm³/mol. The lowest BCUT2D eigenvalue weighted by Gasteiger charge is -2.34. The Morgan fingerprint density at radius 1 is 1.13 bits per heavy atom. The van der Waals surface area contributed by atoms with E-state index in [1.807, 2.05) is 0 Å². The van der Waals surface area contributed by atoms with Gasteiger partial charge < -0.3 is 14.8 Å². The summed E-state index contributed by atoms with van der Waals surface area (Å²) in [7, 11) is -3.62. The first-order valence-electron chi connectivity index (χ1n) is 10.4. The molecule has 0 unspecified atom stereocenters. The van der Waals surface area contributed by atoms with E-state index >= 15 is 0 Å². The van der Waals surface area contributed by atoms with E-state index in [4.69, 9.17) is 9.47 Å². The van der Waals surface area contributed by atoms with Crippen molar-refractivity contribution < 1.29 is 27.5 Å². The fourth-order valence-electron chi connectivity index (χ4n) is 3.95. The number of nitrogens with one attached hydrogen (secondary N) is 1. The van der Waals surface area contributed by atoms with Gasteiger partial charge in [0, 0.05) is 19.1 Å². The van der Waals surface area contributed by atoms with E-state index in [9.17, 15) is 18.0 Å². The molecule has 1 aromatic rings. The lowest BCUT2D eigenvalue weighted by Crippen LogP contribution is -2.45.